The number of carbonyl (C=O) groups is 2. The van der Waals surface area contributed by atoms with Gasteiger partial charge in [-0.25, -0.2) is 4.98 Å². The Labute approximate surface area is 171 Å². The summed E-state index contributed by atoms with van der Waals surface area (Å²) in [6, 6.07) is 16.8. The molecule has 8 heteroatoms. The van der Waals surface area contributed by atoms with Gasteiger partial charge in [-0.05, 0) is 30.7 Å². The Kier molecular flexibility index (Phi) is 6.67. The normalized spacial score (nSPS) is 10.5. The minimum atomic E-state index is -0.393. The van der Waals surface area contributed by atoms with Crippen molar-refractivity contribution in [2.45, 2.75) is 17.7 Å². The Morgan fingerprint density at radius 2 is 1.96 bits per heavy atom. The second-order valence-corrected chi connectivity index (χ2v) is 8.15. The van der Waals surface area contributed by atoms with Gasteiger partial charge >= 0.3 is 0 Å². The number of thiazole rings is 1. The maximum absolute atomic E-state index is 12.5. The van der Waals surface area contributed by atoms with Crippen molar-refractivity contribution in [1.29, 1.82) is 0 Å². The van der Waals surface area contributed by atoms with Gasteiger partial charge < -0.3 is 10.5 Å². The number of nitrogens with two attached hydrogens (primary N) is 1. The van der Waals surface area contributed by atoms with Gasteiger partial charge in [0, 0.05) is 5.56 Å². The second kappa shape index (κ2) is 9.38. The summed E-state index contributed by atoms with van der Waals surface area (Å²) < 4.78 is 6.63. The summed E-state index contributed by atoms with van der Waals surface area (Å²) in [5, 5.41) is 3.27. The number of anilines is 1. The Bertz CT molecular complexity index is 974. The van der Waals surface area contributed by atoms with Crippen molar-refractivity contribution >= 4 is 40.0 Å². The summed E-state index contributed by atoms with van der Waals surface area (Å²) >= 11 is 2.63. The molecule has 3 aromatic rings. The lowest BCUT2D eigenvalue weighted by molar-refractivity contribution is -0.115. The van der Waals surface area contributed by atoms with Gasteiger partial charge in [-0.1, -0.05) is 47.7 Å². The lowest BCUT2D eigenvalue weighted by atomic mass is 10.2. The topological polar surface area (TPSA) is 94.3 Å². The van der Waals surface area contributed by atoms with Crippen molar-refractivity contribution in [2.75, 3.05) is 11.1 Å². The minimum Gasteiger partial charge on any atom is -0.489 e. The van der Waals surface area contributed by atoms with Gasteiger partial charge in [0.1, 0.15) is 12.4 Å². The molecule has 2 amide bonds. The van der Waals surface area contributed by atoms with Crippen molar-refractivity contribution < 1.29 is 14.3 Å². The first-order valence-corrected chi connectivity index (χ1v) is 10.3. The first kappa shape index (κ1) is 19.9. The number of thioether (sulfide) groups is 1. The maximum Gasteiger partial charge on any atom is 0.257 e. The zero-order valence-corrected chi connectivity index (χ0v) is 16.8. The molecule has 0 saturated heterocycles. The molecule has 0 spiro atoms. The van der Waals surface area contributed by atoms with Crippen LogP contribution >= 0.6 is 23.1 Å². The van der Waals surface area contributed by atoms with E-state index < -0.39 is 5.91 Å². The number of benzene rings is 2. The fourth-order valence-corrected chi connectivity index (χ4v) is 4.22. The van der Waals surface area contributed by atoms with Crippen LogP contribution in [0.3, 0.4) is 0 Å². The van der Waals surface area contributed by atoms with E-state index >= 15 is 0 Å². The van der Waals surface area contributed by atoms with Gasteiger partial charge in [-0.15, -0.1) is 11.8 Å². The number of nitrogens with zero attached hydrogens (tertiary/aromatic N) is 1. The Hall–Kier alpha value is -2.84. The highest BCUT2D eigenvalue weighted by molar-refractivity contribution is 8.01. The highest BCUT2D eigenvalue weighted by Crippen LogP contribution is 2.32. The first-order chi connectivity index (χ1) is 13.5. The van der Waals surface area contributed by atoms with Crippen molar-refractivity contribution in [3.8, 4) is 5.75 Å². The molecule has 0 aliphatic rings. The van der Waals surface area contributed by atoms with Gasteiger partial charge in [0.15, 0.2) is 5.13 Å². The molecule has 0 radical (unpaired) electrons. The third-order valence-electron chi connectivity index (χ3n) is 3.66. The number of hydrogen-bond donors (Lipinski definition) is 2. The molecule has 0 bridgehead atoms. The lowest BCUT2D eigenvalue weighted by Crippen LogP contribution is -2.12. The standard InChI is InChI=1S/C20H19N3O3S2/c1-13-19(27-12-17(21)24)28-20(22-13)23-18(25)15-8-5-9-16(10-15)26-11-14-6-3-2-4-7-14/h2-10H,11-12H2,1H3,(H2,21,24)(H,22,23,25). The molecule has 144 valence electrons. The number of rotatable bonds is 8. The van der Waals surface area contributed by atoms with Crippen LogP contribution in [0.25, 0.3) is 0 Å². The third-order valence-corrected chi connectivity index (χ3v) is 6.12. The summed E-state index contributed by atoms with van der Waals surface area (Å²) in [5.74, 6) is 0.127. The molecule has 0 aliphatic carbocycles. The van der Waals surface area contributed by atoms with E-state index in [1.165, 1.54) is 23.1 Å². The van der Waals surface area contributed by atoms with E-state index in [2.05, 4.69) is 10.3 Å². The highest BCUT2D eigenvalue weighted by Gasteiger charge is 2.13. The number of aromatic nitrogens is 1. The van der Waals surface area contributed by atoms with Gasteiger partial charge in [0.05, 0.1) is 15.7 Å². The predicted octanol–water partition coefficient (Wildman–Crippen LogP) is 3.86. The number of aryl methyl sites for hydroxylation is 1. The van der Waals surface area contributed by atoms with Crippen LogP contribution < -0.4 is 15.8 Å². The average Bonchev–Trinajstić information content (AvgIpc) is 3.04. The van der Waals surface area contributed by atoms with Gasteiger partial charge in [0.2, 0.25) is 5.91 Å². The van der Waals surface area contributed by atoms with Crippen LogP contribution in [-0.2, 0) is 11.4 Å². The molecule has 0 aliphatic heterocycles. The van der Waals surface area contributed by atoms with E-state index in [0.717, 1.165) is 15.5 Å². The number of primary amides is 1. The highest BCUT2D eigenvalue weighted by atomic mass is 32.2. The summed E-state index contributed by atoms with van der Waals surface area (Å²) in [6.45, 7) is 2.26. The molecule has 1 aromatic heterocycles. The fourth-order valence-electron chi connectivity index (χ4n) is 2.34. The van der Waals surface area contributed by atoms with Crippen LogP contribution in [-0.4, -0.2) is 22.6 Å². The number of carbonyl (C=O) groups excluding carboxylic acids is 2. The SMILES string of the molecule is Cc1nc(NC(=O)c2cccc(OCc3ccccc3)c2)sc1SCC(N)=O. The van der Waals surface area contributed by atoms with Crippen LogP contribution in [0, 0.1) is 6.92 Å². The van der Waals surface area contributed by atoms with Crippen molar-refractivity contribution in [3.05, 3.63) is 71.4 Å². The van der Waals surface area contributed by atoms with Gasteiger partial charge in [0.25, 0.3) is 5.91 Å². The van der Waals surface area contributed by atoms with Gasteiger partial charge in [-0.2, -0.15) is 0 Å². The summed E-state index contributed by atoms with van der Waals surface area (Å²) in [5.41, 5.74) is 7.46. The van der Waals surface area contributed by atoms with Crippen LogP contribution in [0.15, 0.2) is 58.8 Å². The zero-order valence-electron chi connectivity index (χ0n) is 15.2. The van der Waals surface area contributed by atoms with E-state index in [4.69, 9.17) is 10.5 Å². The molecular weight excluding hydrogens is 394 g/mol. The van der Waals surface area contributed by atoms with Crippen LogP contribution in [0.2, 0.25) is 0 Å². The Balaban J connectivity index is 1.63. The first-order valence-electron chi connectivity index (χ1n) is 8.48. The van der Waals surface area contributed by atoms with Crippen molar-refractivity contribution in [2.24, 2.45) is 5.73 Å². The molecule has 2 aromatic carbocycles. The average molecular weight is 414 g/mol. The fraction of sp³-hybridized carbons (Fsp3) is 0.150. The Morgan fingerprint density at radius 3 is 2.71 bits per heavy atom. The van der Waals surface area contributed by atoms with E-state index in [-0.39, 0.29) is 11.7 Å². The summed E-state index contributed by atoms with van der Waals surface area (Å²) in [7, 11) is 0. The van der Waals surface area contributed by atoms with E-state index in [1.54, 1.807) is 18.2 Å². The van der Waals surface area contributed by atoms with Gasteiger partial charge in [-0.3, -0.25) is 14.9 Å². The monoisotopic (exact) mass is 413 g/mol. The minimum absolute atomic E-state index is 0.178. The molecule has 1 heterocycles. The van der Waals surface area contributed by atoms with E-state index in [1.807, 2.05) is 43.3 Å². The zero-order chi connectivity index (χ0) is 19.9. The van der Waals surface area contributed by atoms with Crippen molar-refractivity contribution in [3.63, 3.8) is 0 Å². The molecule has 0 saturated carbocycles. The summed E-state index contributed by atoms with van der Waals surface area (Å²) in [4.78, 5) is 27.8. The molecule has 3 rings (SSSR count). The third kappa shape index (κ3) is 5.58. The number of ether oxygens (including phenoxy) is 1. The second-order valence-electron chi connectivity index (χ2n) is 5.90. The maximum atomic E-state index is 12.5. The molecule has 0 unspecified atom stereocenters. The molecule has 3 N–H and O–H groups in total. The molecular formula is C20H19N3O3S2. The molecule has 6 nitrogen and oxygen atoms in total. The van der Waals surface area contributed by atoms with Crippen LogP contribution in [0.4, 0.5) is 5.13 Å². The van der Waals surface area contributed by atoms with E-state index in [9.17, 15) is 9.59 Å². The number of hydrogen-bond acceptors (Lipinski definition) is 6. The Morgan fingerprint density at radius 1 is 1.18 bits per heavy atom. The molecule has 0 atom stereocenters. The predicted molar refractivity (Wildman–Crippen MR) is 112 cm³/mol. The van der Waals surface area contributed by atoms with Crippen molar-refractivity contribution in [1.82, 2.24) is 4.98 Å². The molecule has 28 heavy (non-hydrogen) atoms. The number of amides is 2. The summed E-state index contributed by atoms with van der Waals surface area (Å²) in [6.07, 6.45) is 0. The largest absolute Gasteiger partial charge is 0.489 e. The quantitative estimate of drug-likeness (QED) is 0.547. The van der Waals surface area contributed by atoms with Crippen LogP contribution in [0.5, 0.6) is 5.75 Å². The smallest absolute Gasteiger partial charge is 0.257 e. The van der Waals surface area contributed by atoms with E-state index in [0.29, 0.717) is 23.1 Å². The molecule has 0 fully saturated rings. The van der Waals surface area contributed by atoms with Crippen LogP contribution in [0.1, 0.15) is 21.6 Å². The lowest BCUT2D eigenvalue weighted by Gasteiger charge is -2.08. The number of nitrogens with one attached hydrogen (secondary N) is 1.